The number of carbonyl (C=O) groups excluding carboxylic acids is 1. The normalized spacial score (nSPS) is 23.7. The van der Waals surface area contributed by atoms with Crippen molar-refractivity contribution in [1.29, 1.82) is 0 Å². The SMILES string of the molecule is O=C(O)[C@H]1C[C@@H]1C(=O)NCc1cccc(COC2CCOCC2)c1. The number of nitrogens with one attached hydrogen (secondary N) is 1. The van der Waals surface area contributed by atoms with Crippen molar-refractivity contribution in [2.24, 2.45) is 11.8 Å². The standard InChI is InChI=1S/C18H23NO5/c20-17(15-9-16(15)18(21)22)19-10-12-2-1-3-13(8-12)11-24-14-4-6-23-7-5-14/h1-3,8,14-16H,4-7,9-11H2,(H,19,20)(H,21,22)/t15-,16-/m0/s1. The van der Waals surface area contributed by atoms with Gasteiger partial charge in [-0.1, -0.05) is 24.3 Å². The fourth-order valence-electron chi connectivity index (χ4n) is 2.96. The summed E-state index contributed by atoms with van der Waals surface area (Å²) in [6, 6.07) is 7.91. The van der Waals surface area contributed by atoms with Crippen LogP contribution < -0.4 is 5.32 Å². The van der Waals surface area contributed by atoms with E-state index in [4.69, 9.17) is 14.6 Å². The molecule has 6 heteroatoms. The van der Waals surface area contributed by atoms with Gasteiger partial charge in [-0.3, -0.25) is 9.59 Å². The topological polar surface area (TPSA) is 84.9 Å². The van der Waals surface area contributed by atoms with Gasteiger partial charge in [0.05, 0.1) is 24.5 Å². The molecule has 2 fully saturated rings. The second-order valence-electron chi connectivity index (χ2n) is 6.45. The van der Waals surface area contributed by atoms with Crippen LogP contribution in [-0.4, -0.2) is 36.3 Å². The molecule has 0 spiro atoms. The summed E-state index contributed by atoms with van der Waals surface area (Å²) in [6.07, 6.45) is 2.56. The van der Waals surface area contributed by atoms with Crippen molar-refractivity contribution in [3.63, 3.8) is 0 Å². The van der Waals surface area contributed by atoms with Crippen LogP contribution in [0.15, 0.2) is 24.3 Å². The first-order chi connectivity index (χ1) is 11.6. The zero-order chi connectivity index (χ0) is 16.9. The summed E-state index contributed by atoms with van der Waals surface area (Å²) in [6.45, 7) is 2.48. The minimum Gasteiger partial charge on any atom is -0.481 e. The summed E-state index contributed by atoms with van der Waals surface area (Å²) in [5, 5.41) is 11.7. The van der Waals surface area contributed by atoms with E-state index in [1.165, 1.54) is 0 Å². The van der Waals surface area contributed by atoms with E-state index in [1.807, 2.05) is 24.3 Å². The van der Waals surface area contributed by atoms with E-state index in [-0.39, 0.29) is 17.9 Å². The van der Waals surface area contributed by atoms with Gasteiger partial charge in [-0.05, 0) is 30.4 Å². The van der Waals surface area contributed by atoms with Crippen molar-refractivity contribution in [2.75, 3.05) is 13.2 Å². The largest absolute Gasteiger partial charge is 0.481 e. The third-order valence-electron chi connectivity index (χ3n) is 4.56. The monoisotopic (exact) mass is 333 g/mol. The molecule has 1 aromatic rings. The first kappa shape index (κ1) is 16.9. The Hall–Kier alpha value is -1.92. The Kier molecular flexibility index (Phi) is 5.48. The lowest BCUT2D eigenvalue weighted by Gasteiger charge is -2.22. The highest BCUT2D eigenvalue weighted by Crippen LogP contribution is 2.38. The van der Waals surface area contributed by atoms with Gasteiger partial charge >= 0.3 is 5.97 Å². The van der Waals surface area contributed by atoms with E-state index in [2.05, 4.69) is 5.32 Å². The summed E-state index contributed by atoms with van der Waals surface area (Å²) in [5.74, 6) is -1.94. The molecule has 24 heavy (non-hydrogen) atoms. The molecule has 1 saturated heterocycles. The number of aliphatic carboxylic acids is 1. The summed E-state index contributed by atoms with van der Waals surface area (Å²) < 4.78 is 11.2. The van der Waals surface area contributed by atoms with Gasteiger partial charge in [-0.15, -0.1) is 0 Å². The Bertz CT molecular complexity index is 597. The molecule has 0 aromatic heterocycles. The summed E-state index contributed by atoms with van der Waals surface area (Å²) >= 11 is 0. The van der Waals surface area contributed by atoms with Crippen LogP contribution in [0.25, 0.3) is 0 Å². The van der Waals surface area contributed by atoms with Gasteiger partial charge in [-0.2, -0.15) is 0 Å². The molecule has 2 aliphatic rings. The number of carbonyl (C=O) groups is 2. The lowest BCUT2D eigenvalue weighted by Crippen LogP contribution is -2.26. The van der Waals surface area contributed by atoms with E-state index >= 15 is 0 Å². The summed E-state index contributed by atoms with van der Waals surface area (Å²) in [5.41, 5.74) is 2.06. The number of carboxylic acid groups (broad SMARTS) is 1. The summed E-state index contributed by atoms with van der Waals surface area (Å²) in [7, 11) is 0. The average molecular weight is 333 g/mol. The lowest BCUT2D eigenvalue weighted by molar-refractivity contribution is -0.140. The number of amides is 1. The Balaban J connectivity index is 1.44. The van der Waals surface area contributed by atoms with E-state index in [1.54, 1.807) is 0 Å². The van der Waals surface area contributed by atoms with Gasteiger partial charge in [0, 0.05) is 19.8 Å². The van der Waals surface area contributed by atoms with E-state index in [0.717, 1.165) is 37.2 Å². The number of carboxylic acids is 1. The van der Waals surface area contributed by atoms with Crippen molar-refractivity contribution in [3.8, 4) is 0 Å². The number of hydrogen-bond acceptors (Lipinski definition) is 4. The number of rotatable bonds is 7. The second-order valence-corrected chi connectivity index (χ2v) is 6.45. The maximum atomic E-state index is 11.9. The minimum atomic E-state index is -0.887. The molecule has 1 aliphatic heterocycles. The quantitative estimate of drug-likeness (QED) is 0.794. The van der Waals surface area contributed by atoms with E-state index in [0.29, 0.717) is 19.6 Å². The van der Waals surface area contributed by atoms with Crippen LogP contribution in [0.5, 0.6) is 0 Å². The molecular weight excluding hydrogens is 310 g/mol. The van der Waals surface area contributed by atoms with E-state index in [9.17, 15) is 9.59 Å². The van der Waals surface area contributed by atoms with E-state index < -0.39 is 11.9 Å². The van der Waals surface area contributed by atoms with Crippen LogP contribution in [0.2, 0.25) is 0 Å². The average Bonchev–Trinajstić information content (AvgIpc) is 3.40. The van der Waals surface area contributed by atoms with Crippen LogP contribution >= 0.6 is 0 Å². The van der Waals surface area contributed by atoms with Crippen LogP contribution in [0.4, 0.5) is 0 Å². The first-order valence-electron chi connectivity index (χ1n) is 8.41. The molecule has 2 atom stereocenters. The maximum Gasteiger partial charge on any atom is 0.307 e. The Morgan fingerprint density at radius 2 is 1.96 bits per heavy atom. The predicted octanol–water partition coefficient (Wildman–Crippen LogP) is 1.72. The van der Waals surface area contributed by atoms with Gasteiger partial charge in [0.2, 0.25) is 5.91 Å². The molecule has 1 saturated carbocycles. The van der Waals surface area contributed by atoms with Gasteiger partial charge in [0.25, 0.3) is 0 Å². The zero-order valence-electron chi connectivity index (χ0n) is 13.6. The first-order valence-corrected chi connectivity index (χ1v) is 8.41. The van der Waals surface area contributed by atoms with Gasteiger partial charge < -0.3 is 19.9 Å². The van der Waals surface area contributed by atoms with Crippen LogP contribution in [0, 0.1) is 11.8 Å². The molecule has 1 amide bonds. The Labute approximate surface area is 141 Å². The van der Waals surface area contributed by atoms with Crippen molar-refractivity contribution in [2.45, 2.75) is 38.5 Å². The maximum absolute atomic E-state index is 11.9. The summed E-state index contributed by atoms with van der Waals surface area (Å²) in [4.78, 5) is 22.7. The molecule has 0 bridgehead atoms. The third-order valence-corrected chi connectivity index (χ3v) is 4.56. The molecule has 3 rings (SSSR count). The van der Waals surface area contributed by atoms with Gasteiger partial charge in [0.15, 0.2) is 0 Å². The number of benzene rings is 1. The van der Waals surface area contributed by atoms with Crippen molar-refractivity contribution in [3.05, 3.63) is 35.4 Å². The third kappa shape index (κ3) is 4.55. The van der Waals surface area contributed by atoms with Crippen molar-refractivity contribution >= 4 is 11.9 Å². The highest BCUT2D eigenvalue weighted by molar-refractivity contribution is 5.89. The molecule has 2 N–H and O–H groups in total. The van der Waals surface area contributed by atoms with Gasteiger partial charge in [0.1, 0.15) is 0 Å². The predicted molar refractivity (Wildman–Crippen MR) is 86.2 cm³/mol. The molecule has 130 valence electrons. The molecule has 0 unspecified atom stereocenters. The smallest absolute Gasteiger partial charge is 0.307 e. The Morgan fingerprint density at radius 3 is 2.67 bits per heavy atom. The van der Waals surface area contributed by atoms with Crippen LogP contribution in [0.1, 0.15) is 30.4 Å². The fraction of sp³-hybridized carbons (Fsp3) is 0.556. The highest BCUT2D eigenvalue weighted by Gasteiger charge is 2.48. The molecule has 0 radical (unpaired) electrons. The number of ether oxygens (including phenoxy) is 2. The Morgan fingerprint density at radius 1 is 1.21 bits per heavy atom. The molecule has 6 nitrogen and oxygen atoms in total. The second kappa shape index (κ2) is 7.77. The molecule has 1 aromatic carbocycles. The molecular formula is C18H23NO5. The molecule has 1 heterocycles. The molecule has 1 aliphatic carbocycles. The van der Waals surface area contributed by atoms with Gasteiger partial charge in [-0.25, -0.2) is 0 Å². The minimum absolute atomic E-state index is 0.175. The fourth-order valence-corrected chi connectivity index (χ4v) is 2.96. The van der Waals surface area contributed by atoms with Crippen LogP contribution in [0.3, 0.4) is 0 Å². The lowest BCUT2D eigenvalue weighted by atomic mass is 10.1. The highest BCUT2D eigenvalue weighted by atomic mass is 16.5. The van der Waals surface area contributed by atoms with Crippen LogP contribution in [-0.2, 0) is 32.2 Å². The zero-order valence-corrected chi connectivity index (χ0v) is 13.6. The van der Waals surface area contributed by atoms with Crippen molar-refractivity contribution in [1.82, 2.24) is 5.32 Å². The number of hydrogen-bond donors (Lipinski definition) is 2. The van der Waals surface area contributed by atoms with Crippen molar-refractivity contribution < 1.29 is 24.2 Å².